The minimum Gasteiger partial charge on any atom is -0.482 e. The number of hydrazone groups is 1. The molecule has 6 nitrogen and oxygen atoms in total. The highest BCUT2D eigenvalue weighted by Gasteiger charge is 2.12. The van der Waals surface area contributed by atoms with E-state index in [1.54, 1.807) is 36.4 Å². The number of carbonyl (C=O) groups is 2. The van der Waals surface area contributed by atoms with Gasteiger partial charge in [0.15, 0.2) is 6.61 Å². The molecule has 3 aromatic rings. The van der Waals surface area contributed by atoms with Crippen molar-refractivity contribution < 1.29 is 14.3 Å². The Morgan fingerprint density at radius 1 is 1.06 bits per heavy atom. The Labute approximate surface area is 207 Å². The first-order chi connectivity index (χ1) is 15.3. The topological polar surface area (TPSA) is 79.8 Å². The molecule has 0 heterocycles. The zero-order valence-electron chi connectivity index (χ0n) is 16.9. The molecule has 3 aromatic carbocycles. The number of nitrogens with zero attached hydrogens (tertiary/aromatic N) is 1. The third-order valence-electron chi connectivity index (χ3n) is 4.20. The summed E-state index contributed by atoms with van der Waals surface area (Å²) in [6.07, 6.45) is 1.44. The molecule has 32 heavy (non-hydrogen) atoms. The summed E-state index contributed by atoms with van der Waals surface area (Å²) in [6, 6.07) is 17.5. The summed E-state index contributed by atoms with van der Waals surface area (Å²) in [7, 11) is 0. The molecule has 3 rings (SSSR count). The number of hydrogen-bond acceptors (Lipinski definition) is 4. The summed E-state index contributed by atoms with van der Waals surface area (Å²) < 4.78 is 7.13. The number of amides is 2. The van der Waals surface area contributed by atoms with Gasteiger partial charge in [-0.1, -0.05) is 45.2 Å². The molecule has 0 aromatic heterocycles. The summed E-state index contributed by atoms with van der Waals surface area (Å²) in [5.41, 5.74) is 5.23. The standard InChI is InChI=1S/C23H18Br2ClN3O3/c1-14-2-8-19(9-3-14)28-21(30)13-32-22-16(10-17(24)11-20(22)25)12-27-29-23(31)15-4-6-18(26)7-5-15/h2-12H,13H2,1H3,(H,28,30)(H,29,31)/b27-12+. The third-order valence-corrected chi connectivity index (χ3v) is 5.50. The lowest BCUT2D eigenvalue weighted by Crippen LogP contribution is -2.21. The molecule has 0 saturated heterocycles. The van der Waals surface area contributed by atoms with Gasteiger partial charge in [0.1, 0.15) is 5.75 Å². The number of ether oxygens (including phenoxy) is 1. The maximum absolute atomic E-state index is 12.3. The first-order valence-electron chi connectivity index (χ1n) is 9.39. The van der Waals surface area contributed by atoms with Crippen LogP contribution in [0.3, 0.4) is 0 Å². The van der Waals surface area contributed by atoms with Crippen molar-refractivity contribution in [2.75, 3.05) is 11.9 Å². The number of nitrogens with one attached hydrogen (secondary N) is 2. The van der Waals surface area contributed by atoms with Crippen molar-refractivity contribution in [2.45, 2.75) is 6.92 Å². The van der Waals surface area contributed by atoms with Crippen LogP contribution in [0.4, 0.5) is 5.69 Å². The van der Waals surface area contributed by atoms with E-state index < -0.39 is 0 Å². The van der Waals surface area contributed by atoms with Crippen molar-refractivity contribution in [3.8, 4) is 5.75 Å². The van der Waals surface area contributed by atoms with Gasteiger partial charge in [-0.2, -0.15) is 5.10 Å². The zero-order chi connectivity index (χ0) is 23.1. The number of benzene rings is 3. The van der Waals surface area contributed by atoms with Crippen molar-refractivity contribution in [2.24, 2.45) is 5.10 Å². The maximum Gasteiger partial charge on any atom is 0.271 e. The van der Waals surface area contributed by atoms with Crippen LogP contribution in [-0.2, 0) is 4.79 Å². The molecule has 0 unspecified atom stereocenters. The molecule has 9 heteroatoms. The molecule has 0 radical (unpaired) electrons. The fourth-order valence-corrected chi connectivity index (χ4v) is 4.13. The van der Waals surface area contributed by atoms with Crippen molar-refractivity contribution in [1.29, 1.82) is 0 Å². The van der Waals surface area contributed by atoms with Crippen LogP contribution < -0.4 is 15.5 Å². The van der Waals surface area contributed by atoms with Crippen LogP contribution in [0, 0.1) is 6.92 Å². The van der Waals surface area contributed by atoms with E-state index >= 15 is 0 Å². The number of carbonyl (C=O) groups excluding carboxylic acids is 2. The fraction of sp³-hybridized carbons (Fsp3) is 0.0870. The Bertz CT molecular complexity index is 1150. The van der Waals surface area contributed by atoms with Crippen LogP contribution in [-0.4, -0.2) is 24.6 Å². The molecule has 0 fully saturated rings. The van der Waals surface area contributed by atoms with E-state index in [2.05, 4.69) is 47.7 Å². The monoisotopic (exact) mass is 577 g/mol. The quantitative estimate of drug-likeness (QED) is 0.268. The zero-order valence-corrected chi connectivity index (χ0v) is 20.8. The van der Waals surface area contributed by atoms with Crippen molar-refractivity contribution in [1.82, 2.24) is 5.43 Å². The average molecular weight is 580 g/mol. The van der Waals surface area contributed by atoms with Gasteiger partial charge in [0.2, 0.25) is 0 Å². The van der Waals surface area contributed by atoms with Gasteiger partial charge in [-0.3, -0.25) is 9.59 Å². The van der Waals surface area contributed by atoms with E-state index in [0.717, 1.165) is 10.0 Å². The molecular weight excluding hydrogens is 562 g/mol. The number of halogens is 3. The first kappa shape index (κ1) is 24.0. The Kier molecular flexibility index (Phi) is 8.44. The first-order valence-corrected chi connectivity index (χ1v) is 11.4. The fourth-order valence-electron chi connectivity index (χ4n) is 2.63. The number of anilines is 1. The molecule has 2 N–H and O–H groups in total. The van der Waals surface area contributed by atoms with E-state index in [4.69, 9.17) is 16.3 Å². The van der Waals surface area contributed by atoms with Crippen molar-refractivity contribution in [3.05, 3.63) is 91.3 Å². The highest BCUT2D eigenvalue weighted by molar-refractivity contribution is 9.11. The second kappa shape index (κ2) is 11.3. The van der Waals surface area contributed by atoms with Crippen LogP contribution in [0.15, 0.2) is 74.7 Å². The van der Waals surface area contributed by atoms with Crippen LogP contribution in [0.5, 0.6) is 5.75 Å². The number of aryl methyl sites for hydroxylation is 1. The summed E-state index contributed by atoms with van der Waals surface area (Å²) in [5.74, 6) is -0.272. The minimum absolute atomic E-state index is 0.202. The Morgan fingerprint density at radius 2 is 1.75 bits per heavy atom. The molecule has 2 amide bonds. The lowest BCUT2D eigenvalue weighted by molar-refractivity contribution is -0.118. The molecule has 0 atom stereocenters. The number of rotatable bonds is 7. The van der Waals surface area contributed by atoms with E-state index in [1.807, 2.05) is 31.2 Å². The highest BCUT2D eigenvalue weighted by Crippen LogP contribution is 2.32. The Morgan fingerprint density at radius 3 is 2.44 bits per heavy atom. The predicted octanol–water partition coefficient (Wildman–Crippen LogP) is 5.95. The molecule has 0 spiro atoms. The average Bonchev–Trinajstić information content (AvgIpc) is 2.75. The minimum atomic E-state index is -0.382. The largest absolute Gasteiger partial charge is 0.482 e. The molecule has 0 saturated carbocycles. The smallest absolute Gasteiger partial charge is 0.271 e. The molecule has 0 bridgehead atoms. The molecular formula is C23H18Br2ClN3O3. The van der Waals surface area contributed by atoms with Crippen LogP contribution in [0.25, 0.3) is 0 Å². The molecule has 164 valence electrons. The van der Waals surface area contributed by atoms with Gasteiger partial charge in [0.05, 0.1) is 10.7 Å². The van der Waals surface area contributed by atoms with E-state index in [-0.39, 0.29) is 18.4 Å². The highest BCUT2D eigenvalue weighted by atomic mass is 79.9. The van der Waals surface area contributed by atoms with E-state index in [9.17, 15) is 9.59 Å². The van der Waals surface area contributed by atoms with Gasteiger partial charge in [-0.05, 0) is 71.4 Å². The van der Waals surface area contributed by atoms with Gasteiger partial charge >= 0.3 is 0 Å². The maximum atomic E-state index is 12.3. The normalized spacial score (nSPS) is 10.8. The Hall–Kier alpha value is -2.68. The molecule has 0 aliphatic carbocycles. The lowest BCUT2D eigenvalue weighted by Gasteiger charge is -2.12. The third kappa shape index (κ3) is 6.91. The summed E-state index contributed by atoms with van der Waals surface area (Å²) in [4.78, 5) is 24.5. The number of hydrogen-bond donors (Lipinski definition) is 2. The summed E-state index contributed by atoms with van der Waals surface area (Å²) in [5, 5.41) is 7.33. The SMILES string of the molecule is Cc1ccc(NC(=O)COc2c(Br)cc(Br)cc2/C=N/NC(=O)c2ccc(Cl)cc2)cc1. The molecule has 0 aliphatic rings. The second-order valence-corrected chi connectivity index (χ2v) is 8.92. The second-order valence-electron chi connectivity index (χ2n) is 6.71. The van der Waals surface area contributed by atoms with Gasteiger partial charge in [-0.15, -0.1) is 0 Å². The summed E-state index contributed by atoms with van der Waals surface area (Å²) >= 11 is 12.7. The van der Waals surface area contributed by atoms with Gasteiger partial charge < -0.3 is 10.1 Å². The molecule has 0 aliphatic heterocycles. The predicted molar refractivity (Wildman–Crippen MR) is 134 cm³/mol. The van der Waals surface area contributed by atoms with Gasteiger partial charge in [0.25, 0.3) is 11.8 Å². The van der Waals surface area contributed by atoms with Crippen molar-refractivity contribution >= 4 is 67.2 Å². The van der Waals surface area contributed by atoms with E-state index in [0.29, 0.717) is 32.1 Å². The lowest BCUT2D eigenvalue weighted by atomic mass is 10.2. The van der Waals surface area contributed by atoms with Gasteiger partial charge in [-0.25, -0.2) is 5.43 Å². The van der Waals surface area contributed by atoms with Crippen molar-refractivity contribution in [3.63, 3.8) is 0 Å². The van der Waals surface area contributed by atoms with Crippen LogP contribution >= 0.6 is 43.5 Å². The van der Waals surface area contributed by atoms with E-state index in [1.165, 1.54) is 6.21 Å². The van der Waals surface area contributed by atoms with Crippen LogP contribution in [0.1, 0.15) is 21.5 Å². The van der Waals surface area contributed by atoms with Crippen LogP contribution in [0.2, 0.25) is 5.02 Å². The summed E-state index contributed by atoms with van der Waals surface area (Å²) in [6.45, 7) is 1.77. The van der Waals surface area contributed by atoms with Gasteiger partial charge in [0, 0.05) is 26.3 Å². The Balaban J connectivity index is 1.66.